The summed E-state index contributed by atoms with van der Waals surface area (Å²) in [5.74, 6) is -0.0748. The zero-order chi connectivity index (χ0) is 13.4. The van der Waals surface area contributed by atoms with Crippen molar-refractivity contribution in [2.75, 3.05) is 19.6 Å². The molecule has 0 aromatic rings. The molecule has 1 aliphatic heterocycles. The highest BCUT2D eigenvalue weighted by molar-refractivity contribution is 6.02. The average Bonchev–Trinajstić information content (AvgIpc) is 2.27. The van der Waals surface area contributed by atoms with Crippen LogP contribution in [-0.4, -0.2) is 41.4 Å². The van der Waals surface area contributed by atoms with E-state index in [4.69, 9.17) is 0 Å². The molecule has 98 valence electrons. The van der Waals surface area contributed by atoms with Crippen molar-refractivity contribution in [1.29, 1.82) is 0 Å². The molecule has 0 atom stereocenters. The first-order valence-electron chi connectivity index (χ1n) is 6.09. The summed E-state index contributed by atoms with van der Waals surface area (Å²) in [5, 5.41) is 0. The van der Waals surface area contributed by atoms with Crippen LogP contribution < -0.4 is 0 Å². The third kappa shape index (κ3) is 4.02. The van der Waals surface area contributed by atoms with Crippen molar-refractivity contribution in [3.8, 4) is 0 Å². The second-order valence-electron chi connectivity index (χ2n) is 7.24. The number of carbonyl (C=O) groups excluding carboxylic acids is 2. The second kappa shape index (κ2) is 4.31. The minimum atomic E-state index is -0.139. The molecular weight excluding hydrogens is 216 g/mol. The van der Waals surface area contributed by atoms with Gasteiger partial charge in [-0.15, -0.1) is 0 Å². The van der Waals surface area contributed by atoms with E-state index in [1.165, 1.54) is 4.90 Å². The summed E-state index contributed by atoms with van der Waals surface area (Å²) >= 11 is 0. The Morgan fingerprint density at radius 2 is 1.41 bits per heavy atom. The first-order valence-corrected chi connectivity index (χ1v) is 6.09. The van der Waals surface area contributed by atoms with Gasteiger partial charge in [0.05, 0.1) is 0 Å². The number of rotatable bonds is 2. The lowest BCUT2D eigenvalue weighted by Crippen LogP contribution is -2.40. The zero-order valence-electron chi connectivity index (χ0n) is 11.8. The molecule has 4 nitrogen and oxygen atoms in total. The van der Waals surface area contributed by atoms with E-state index in [-0.39, 0.29) is 29.3 Å². The van der Waals surface area contributed by atoms with Gasteiger partial charge >= 0.3 is 6.03 Å². The van der Waals surface area contributed by atoms with Crippen molar-refractivity contribution in [3.05, 3.63) is 0 Å². The number of amides is 3. The molecule has 1 rings (SSSR count). The lowest BCUT2D eigenvalue weighted by atomic mass is 9.96. The van der Waals surface area contributed by atoms with E-state index in [1.807, 2.05) is 20.8 Å². The Morgan fingerprint density at radius 1 is 0.941 bits per heavy atom. The average molecular weight is 240 g/mol. The van der Waals surface area contributed by atoms with Gasteiger partial charge in [-0.25, -0.2) is 4.79 Å². The fraction of sp³-hybridized carbons (Fsp3) is 0.846. The van der Waals surface area contributed by atoms with Crippen LogP contribution >= 0.6 is 0 Å². The molecule has 0 unspecified atom stereocenters. The highest BCUT2D eigenvalue weighted by Gasteiger charge is 2.39. The molecule has 1 aliphatic rings. The quantitative estimate of drug-likeness (QED) is 0.695. The summed E-state index contributed by atoms with van der Waals surface area (Å²) in [6.45, 7) is 13.6. The van der Waals surface area contributed by atoms with E-state index in [9.17, 15) is 9.59 Å². The Bertz CT molecular complexity index is 323. The van der Waals surface area contributed by atoms with Crippen molar-refractivity contribution in [2.45, 2.75) is 41.5 Å². The number of carbonyl (C=O) groups is 2. The standard InChI is InChI=1S/C13H24N2O2/c1-12(2,3)8-14-7-10(16)15(11(14)17)9-13(4,5)6/h7-9H2,1-6H3. The van der Waals surface area contributed by atoms with E-state index in [1.54, 1.807) is 4.90 Å². The number of hydrogen-bond donors (Lipinski definition) is 0. The molecule has 0 aliphatic carbocycles. The molecule has 17 heavy (non-hydrogen) atoms. The Labute approximate surface area is 104 Å². The van der Waals surface area contributed by atoms with Gasteiger partial charge in [0.1, 0.15) is 6.54 Å². The summed E-state index contributed by atoms with van der Waals surface area (Å²) in [6, 6.07) is -0.139. The third-order valence-electron chi connectivity index (χ3n) is 2.43. The van der Waals surface area contributed by atoms with Crippen LogP contribution in [0.4, 0.5) is 4.79 Å². The van der Waals surface area contributed by atoms with Crippen LogP contribution in [0.2, 0.25) is 0 Å². The van der Waals surface area contributed by atoms with Gasteiger partial charge < -0.3 is 4.90 Å². The molecule has 0 aromatic carbocycles. The maximum atomic E-state index is 12.1. The van der Waals surface area contributed by atoms with E-state index < -0.39 is 0 Å². The summed E-state index contributed by atoms with van der Waals surface area (Å²) in [5.41, 5.74) is -0.0310. The molecule has 0 spiro atoms. The lowest BCUT2D eigenvalue weighted by Gasteiger charge is -2.27. The minimum absolute atomic E-state index is 0.0215. The van der Waals surface area contributed by atoms with Gasteiger partial charge in [0.25, 0.3) is 0 Å². The van der Waals surface area contributed by atoms with Crippen molar-refractivity contribution >= 4 is 11.9 Å². The van der Waals surface area contributed by atoms with Gasteiger partial charge in [-0.3, -0.25) is 9.69 Å². The van der Waals surface area contributed by atoms with E-state index in [2.05, 4.69) is 20.8 Å². The second-order valence-corrected chi connectivity index (χ2v) is 7.24. The first-order chi connectivity index (χ1) is 7.49. The Hall–Kier alpha value is -1.06. The van der Waals surface area contributed by atoms with Gasteiger partial charge in [0.2, 0.25) is 5.91 Å². The highest BCUT2D eigenvalue weighted by atomic mass is 16.2. The number of hydrogen-bond acceptors (Lipinski definition) is 2. The summed E-state index contributed by atoms with van der Waals surface area (Å²) < 4.78 is 0. The minimum Gasteiger partial charge on any atom is -0.314 e. The van der Waals surface area contributed by atoms with Crippen LogP contribution in [0, 0.1) is 10.8 Å². The van der Waals surface area contributed by atoms with E-state index >= 15 is 0 Å². The predicted molar refractivity (Wildman–Crippen MR) is 67.6 cm³/mol. The SMILES string of the molecule is CC(C)(C)CN1CC(=O)N(CC(C)(C)C)C1=O. The van der Waals surface area contributed by atoms with E-state index in [0.29, 0.717) is 13.1 Å². The van der Waals surface area contributed by atoms with Crippen LogP contribution in [-0.2, 0) is 4.79 Å². The smallest absolute Gasteiger partial charge is 0.314 e. The molecule has 1 heterocycles. The monoisotopic (exact) mass is 240 g/mol. The number of urea groups is 1. The third-order valence-corrected chi connectivity index (χ3v) is 2.43. The topological polar surface area (TPSA) is 40.6 Å². The van der Waals surface area contributed by atoms with Gasteiger partial charge in [-0.05, 0) is 10.8 Å². The fourth-order valence-electron chi connectivity index (χ4n) is 1.92. The molecule has 0 radical (unpaired) electrons. The fourth-order valence-corrected chi connectivity index (χ4v) is 1.92. The van der Waals surface area contributed by atoms with Gasteiger partial charge in [0, 0.05) is 13.1 Å². The molecule has 1 saturated heterocycles. The first kappa shape index (κ1) is 14.0. The van der Waals surface area contributed by atoms with Crippen molar-refractivity contribution in [3.63, 3.8) is 0 Å². The molecule has 0 N–H and O–H groups in total. The maximum Gasteiger partial charge on any atom is 0.327 e. The van der Waals surface area contributed by atoms with E-state index in [0.717, 1.165) is 0 Å². The van der Waals surface area contributed by atoms with Gasteiger partial charge in [0.15, 0.2) is 0 Å². The van der Waals surface area contributed by atoms with Crippen LogP contribution in [0.1, 0.15) is 41.5 Å². The largest absolute Gasteiger partial charge is 0.327 e. The molecule has 3 amide bonds. The lowest BCUT2D eigenvalue weighted by molar-refractivity contribution is -0.126. The molecule has 0 bridgehead atoms. The van der Waals surface area contributed by atoms with Crippen LogP contribution in [0.25, 0.3) is 0 Å². The molecule has 0 aromatic heterocycles. The molecule has 4 heteroatoms. The Balaban J connectivity index is 2.72. The van der Waals surface area contributed by atoms with Crippen molar-refractivity contribution in [2.24, 2.45) is 10.8 Å². The summed E-state index contributed by atoms with van der Waals surface area (Å²) in [7, 11) is 0. The van der Waals surface area contributed by atoms with Crippen molar-refractivity contribution < 1.29 is 9.59 Å². The Morgan fingerprint density at radius 3 is 1.82 bits per heavy atom. The normalized spacial score (nSPS) is 18.2. The van der Waals surface area contributed by atoms with Gasteiger partial charge in [-0.2, -0.15) is 0 Å². The summed E-state index contributed by atoms with van der Waals surface area (Å²) in [4.78, 5) is 27.0. The number of imide groups is 1. The molecule has 1 fully saturated rings. The zero-order valence-corrected chi connectivity index (χ0v) is 11.8. The number of nitrogens with zero attached hydrogens (tertiary/aromatic N) is 2. The van der Waals surface area contributed by atoms with Crippen LogP contribution in [0.15, 0.2) is 0 Å². The van der Waals surface area contributed by atoms with Gasteiger partial charge in [-0.1, -0.05) is 41.5 Å². The predicted octanol–water partition coefficient (Wildman–Crippen LogP) is 2.34. The van der Waals surface area contributed by atoms with Crippen molar-refractivity contribution in [1.82, 2.24) is 9.80 Å². The highest BCUT2D eigenvalue weighted by Crippen LogP contribution is 2.23. The van der Waals surface area contributed by atoms with Crippen LogP contribution in [0.3, 0.4) is 0 Å². The Kier molecular flexibility index (Phi) is 3.55. The van der Waals surface area contributed by atoms with Crippen LogP contribution in [0.5, 0.6) is 0 Å². The summed E-state index contributed by atoms with van der Waals surface area (Å²) in [6.07, 6.45) is 0. The molecule has 0 saturated carbocycles. The molecular formula is C13H24N2O2. The maximum absolute atomic E-state index is 12.1.